The minimum Gasteiger partial charge on any atom is -0.372 e. The summed E-state index contributed by atoms with van der Waals surface area (Å²) in [6.45, 7) is -0.443. The second-order valence-electron chi connectivity index (χ2n) is 6.66. The third-order valence-corrected chi connectivity index (χ3v) is 4.84. The van der Waals surface area contributed by atoms with Gasteiger partial charge in [0.25, 0.3) is 5.91 Å². The van der Waals surface area contributed by atoms with Crippen LogP contribution in [0.3, 0.4) is 0 Å². The summed E-state index contributed by atoms with van der Waals surface area (Å²) in [7, 11) is 0. The van der Waals surface area contributed by atoms with Crippen molar-refractivity contribution >= 4 is 23.2 Å². The molecule has 1 atom stereocenters. The number of rotatable bonds is 4. The van der Waals surface area contributed by atoms with Gasteiger partial charge in [0.2, 0.25) is 5.91 Å². The SMILES string of the molecule is O=C(CN1C(=O)C(O)(c2ccccc2)c2ccccc21)Nc1ccc(F)cc1F. The molecule has 3 aromatic carbocycles. The molecule has 0 aliphatic carbocycles. The van der Waals surface area contributed by atoms with Crippen LogP contribution in [0.4, 0.5) is 20.2 Å². The summed E-state index contributed by atoms with van der Waals surface area (Å²) in [5, 5.41) is 13.6. The molecule has 0 spiro atoms. The second-order valence-corrected chi connectivity index (χ2v) is 6.66. The highest BCUT2D eigenvalue weighted by molar-refractivity contribution is 6.12. The largest absolute Gasteiger partial charge is 0.372 e. The van der Waals surface area contributed by atoms with E-state index < -0.39 is 35.6 Å². The van der Waals surface area contributed by atoms with Gasteiger partial charge in [0.05, 0.1) is 11.4 Å². The molecular formula is C22H16F2N2O3. The summed E-state index contributed by atoms with van der Waals surface area (Å²) in [5.74, 6) is -3.06. The molecule has 0 aromatic heterocycles. The summed E-state index contributed by atoms with van der Waals surface area (Å²) >= 11 is 0. The monoisotopic (exact) mass is 394 g/mol. The lowest BCUT2D eigenvalue weighted by molar-refractivity contribution is -0.133. The van der Waals surface area contributed by atoms with Crippen molar-refractivity contribution in [1.82, 2.24) is 0 Å². The molecular weight excluding hydrogens is 378 g/mol. The fraction of sp³-hybridized carbons (Fsp3) is 0.0909. The van der Waals surface area contributed by atoms with Gasteiger partial charge in [0.15, 0.2) is 5.60 Å². The van der Waals surface area contributed by atoms with Crippen molar-refractivity contribution in [2.24, 2.45) is 0 Å². The molecule has 0 saturated heterocycles. The number of benzene rings is 3. The van der Waals surface area contributed by atoms with E-state index in [0.717, 1.165) is 17.0 Å². The Morgan fingerprint density at radius 1 is 1.00 bits per heavy atom. The van der Waals surface area contributed by atoms with Gasteiger partial charge in [-0.05, 0) is 23.8 Å². The van der Waals surface area contributed by atoms with E-state index in [4.69, 9.17) is 0 Å². The average molecular weight is 394 g/mol. The number of aliphatic hydroxyl groups is 1. The Bertz CT molecular complexity index is 1100. The van der Waals surface area contributed by atoms with E-state index in [2.05, 4.69) is 5.32 Å². The van der Waals surface area contributed by atoms with Crippen molar-refractivity contribution in [3.8, 4) is 0 Å². The molecule has 4 rings (SSSR count). The number of anilines is 2. The molecule has 0 saturated carbocycles. The maximum atomic E-state index is 13.8. The van der Waals surface area contributed by atoms with E-state index in [9.17, 15) is 23.5 Å². The smallest absolute Gasteiger partial charge is 0.268 e. The topological polar surface area (TPSA) is 69.6 Å². The van der Waals surface area contributed by atoms with Crippen LogP contribution >= 0.6 is 0 Å². The second kappa shape index (κ2) is 7.10. The number of carbonyl (C=O) groups is 2. The summed E-state index contributed by atoms with van der Waals surface area (Å²) in [4.78, 5) is 26.8. The number of nitrogens with zero attached hydrogens (tertiary/aromatic N) is 1. The van der Waals surface area contributed by atoms with Gasteiger partial charge in [-0.25, -0.2) is 8.78 Å². The molecule has 2 N–H and O–H groups in total. The molecule has 1 aliphatic heterocycles. The van der Waals surface area contributed by atoms with Crippen molar-refractivity contribution in [2.75, 3.05) is 16.8 Å². The van der Waals surface area contributed by atoms with Gasteiger partial charge < -0.3 is 10.4 Å². The Morgan fingerprint density at radius 3 is 2.41 bits per heavy atom. The molecule has 1 heterocycles. The Kier molecular flexibility index (Phi) is 4.60. The predicted molar refractivity (Wildman–Crippen MR) is 103 cm³/mol. The van der Waals surface area contributed by atoms with Crippen LogP contribution in [0.25, 0.3) is 0 Å². The third kappa shape index (κ3) is 3.15. The lowest BCUT2D eigenvalue weighted by Crippen LogP contribution is -2.44. The van der Waals surface area contributed by atoms with Gasteiger partial charge in [0, 0.05) is 11.6 Å². The number of amides is 2. The summed E-state index contributed by atoms with van der Waals surface area (Å²) in [6, 6.07) is 17.8. The van der Waals surface area contributed by atoms with Crippen LogP contribution in [-0.4, -0.2) is 23.5 Å². The van der Waals surface area contributed by atoms with E-state index in [1.54, 1.807) is 54.6 Å². The lowest BCUT2D eigenvalue weighted by atomic mass is 9.88. The van der Waals surface area contributed by atoms with Crippen molar-refractivity contribution in [2.45, 2.75) is 5.60 Å². The molecule has 1 aliphatic rings. The van der Waals surface area contributed by atoms with Crippen LogP contribution in [0.2, 0.25) is 0 Å². The number of hydrogen-bond donors (Lipinski definition) is 2. The predicted octanol–water partition coefficient (Wildman–Crippen LogP) is 3.19. The number of fused-ring (bicyclic) bond motifs is 1. The molecule has 0 radical (unpaired) electrons. The number of carbonyl (C=O) groups excluding carboxylic acids is 2. The van der Waals surface area contributed by atoms with Gasteiger partial charge in [0.1, 0.15) is 18.2 Å². The highest BCUT2D eigenvalue weighted by Gasteiger charge is 2.51. The highest BCUT2D eigenvalue weighted by Crippen LogP contribution is 2.44. The van der Waals surface area contributed by atoms with E-state index in [1.807, 2.05) is 0 Å². The van der Waals surface area contributed by atoms with Crippen LogP contribution < -0.4 is 10.2 Å². The Labute approximate surface area is 165 Å². The zero-order valence-electron chi connectivity index (χ0n) is 15.1. The summed E-state index contributed by atoms with van der Waals surface area (Å²) < 4.78 is 26.9. The number of halogens is 2. The van der Waals surface area contributed by atoms with Crippen LogP contribution in [0.5, 0.6) is 0 Å². The first-order valence-electron chi connectivity index (χ1n) is 8.85. The quantitative estimate of drug-likeness (QED) is 0.714. The average Bonchev–Trinajstić information content (AvgIpc) is 2.94. The van der Waals surface area contributed by atoms with E-state index in [0.29, 0.717) is 22.9 Å². The maximum Gasteiger partial charge on any atom is 0.268 e. The Balaban J connectivity index is 1.65. The molecule has 3 aromatic rings. The van der Waals surface area contributed by atoms with Gasteiger partial charge in [-0.1, -0.05) is 48.5 Å². The first-order valence-corrected chi connectivity index (χ1v) is 8.85. The molecule has 29 heavy (non-hydrogen) atoms. The first kappa shape index (κ1) is 18.8. The standard InChI is InChI=1S/C22H16F2N2O3/c23-15-10-11-18(17(24)12-15)25-20(27)13-26-19-9-5-4-8-16(19)22(29,21(26)28)14-6-2-1-3-7-14/h1-12,29H,13H2,(H,25,27). The van der Waals surface area contributed by atoms with Crippen LogP contribution in [0.1, 0.15) is 11.1 Å². The third-order valence-electron chi connectivity index (χ3n) is 4.84. The lowest BCUT2D eigenvalue weighted by Gasteiger charge is -2.23. The van der Waals surface area contributed by atoms with Crippen LogP contribution in [-0.2, 0) is 15.2 Å². The van der Waals surface area contributed by atoms with Crippen molar-refractivity contribution in [3.63, 3.8) is 0 Å². The van der Waals surface area contributed by atoms with Gasteiger partial charge >= 0.3 is 0 Å². The zero-order valence-corrected chi connectivity index (χ0v) is 15.1. The van der Waals surface area contributed by atoms with Crippen molar-refractivity contribution < 1.29 is 23.5 Å². The summed E-state index contributed by atoms with van der Waals surface area (Å²) in [5.41, 5.74) is -1.01. The normalized spacial score (nSPS) is 17.9. The van der Waals surface area contributed by atoms with E-state index >= 15 is 0 Å². The Morgan fingerprint density at radius 2 is 1.69 bits per heavy atom. The molecule has 0 fully saturated rings. The Hall–Kier alpha value is -3.58. The molecule has 1 unspecified atom stereocenters. The minimum absolute atomic E-state index is 0.199. The fourth-order valence-corrected chi connectivity index (χ4v) is 3.47. The van der Waals surface area contributed by atoms with Crippen molar-refractivity contribution in [1.29, 1.82) is 0 Å². The maximum absolute atomic E-state index is 13.8. The van der Waals surface area contributed by atoms with E-state index in [1.165, 1.54) is 0 Å². The van der Waals surface area contributed by atoms with Crippen LogP contribution in [0, 0.1) is 11.6 Å². The van der Waals surface area contributed by atoms with Crippen molar-refractivity contribution in [3.05, 3.63) is 95.6 Å². The highest BCUT2D eigenvalue weighted by atomic mass is 19.1. The number of nitrogens with one attached hydrogen (secondary N) is 1. The fourth-order valence-electron chi connectivity index (χ4n) is 3.47. The first-order chi connectivity index (χ1) is 13.9. The molecule has 5 nitrogen and oxygen atoms in total. The van der Waals surface area contributed by atoms with Gasteiger partial charge in [-0.15, -0.1) is 0 Å². The number of para-hydroxylation sites is 1. The summed E-state index contributed by atoms with van der Waals surface area (Å²) in [6.07, 6.45) is 0. The molecule has 7 heteroatoms. The molecule has 2 amide bonds. The minimum atomic E-state index is -1.93. The van der Waals surface area contributed by atoms with Gasteiger partial charge in [-0.3, -0.25) is 14.5 Å². The zero-order chi connectivity index (χ0) is 20.6. The van der Waals surface area contributed by atoms with E-state index in [-0.39, 0.29) is 5.69 Å². The van der Waals surface area contributed by atoms with Gasteiger partial charge in [-0.2, -0.15) is 0 Å². The molecule has 0 bridgehead atoms. The van der Waals surface area contributed by atoms with Crippen LogP contribution in [0.15, 0.2) is 72.8 Å². The molecule has 146 valence electrons. The number of hydrogen-bond acceptors (Lipinski definition) is 3.